The lowest BCUT2D eigenvalue weighted by Crippen LogP contribution is -2.27. The van der Waals surface area contributed by atoms with Crippen molar-refractivity contribution in [3.63, 3.8) is 0 Å². The van der Waals surface area contributed by atoms with Crippen molar-refractivity contribution in [2.45, 2.75) is 26.8 Å². The predicted molar refractivity (Wildman–Crippen MR) is 72.7 cm³/mol. The second kappa shape index (κ2) is 5.14. The van der Waals surface area contributed by atoms with Crippen LogP contribution in [0.3, 0.4) is 0 Å². The van der Waals surface area contributed by atoms with Gasteiger partial charge in [-0.25, -0.2) is 4.98 Å². The average Bonchev–Trinajstić information content (AvgIpc) is 2.79. The van der Waals surface area contributed by atoms with E-state index in [1.807, 2.05) is 26.8 Å². The summed E-state index contributed by atoms with van der Waals surface area (Å²) in [4.78, 5) is 16.2. The van der Waals surface area contributed by atoms with Crippen LogP contribution in [0, 0.1) is 13.8 Å². The lowest BCUT2D eigenvalue weighted by molar-refractivity contribution is 0.0934. The Kier molecular flexibility index (Phi) is 3.55. The van der Waals surface area contributed by atoms with E-state index in [1.54, 1.807) is 18.3 Å². The fourth-order valence-electron chi connectivity index (χ4n) is 1.78. The fraction of sp³-hybridized carbons (Fsp3) is 0.286. The normalized spacial score (nSPS) is 12.2. The van der Waals surface area contributed by atoms with E-state index in [0.29, 0.717) is 22.9 Å². The summed E-state index contributed by atoms with van der Waals surface area (Å²) in [5.41, 5.74) is 7.72. The number of nitrogens with one attached hydrogen (secondary N) is 1. The highest BCUT2D eigenvalue weighted by atomic mass is 16.4. The Bertz CT molecular complexity index is 604. The summed E-state index contributed by atoms with van der Waals surface area (Å²) in [5, 5.41) is 2.82. The number of benzene rings is 1. The number of anilines is 1. The number of aryl methyl sites for hydroxylation is 2. The Labute approximate surface area is 111 Å². The largest absolute Gasteiger partial charge is 0.444 e. The Morgan fingerprint density at radius 2 is 2.16 bits per heavy atom. The molecule has 3 N–H and O–H groups in total. The molecule has 2 aromatic rings. The molecule has 0 saturated heterocycles. The second-order valence-electron chi connectivity index (χ2n) is 4.60. The van der Waals surface area contributed by atoms with Crippen LogP contribution in [0.5, 0.6) is 0 Å². The quantitative estimate of drug-likeness (QED) is 0.829. The van der Waals surface area contributed by atoms with Crippen molar-refractivity contribution < 1.29 is 9.21 Å². The number of rotatable bonds is 3. The average molecular weight is 259 g/mol. The van der Waals surface area contributed by atoms with E-state index in [-0.39, 0.29) is 11.9 Å². The minimum Gasteiger partial charge on any atom is -0.444 e. The van der Waals surface area contributed by atoms with Crippen LogP contribution >= 0.6 is 0 Å². The Morgan fingerprint density at radius 1 is 1.42 bits per heavy atom. The van der Waals surface area contributed by atoms with Crippen molar-refractivity contribution in [1.29, 1.82) is 0 Å². The molecule has 0 radical (unpaired) electrons. The van der Waals surface area contributed by atoms with Crippen molar-refractivity contribution in [1.82, 2.24) is 10.3 Å². The number of nitrogens with zero attached hydrogens (tertiary/aromatic N) is 1. The predicted octanol–water partition coefficient (Wildman–Crippen LogP) is 2.36. The zero-order valence-corrected chi connectivity index (χ0v) is 11.2. The maximum absolute atomic E-state index is 12.1. The third-order valence-corrected chi connectivity index (χ3v) is 2.81. The summed E-state index contributed by atoms with van der Waals surface area (Å²) < 4.78 is 5.38. The number of oxazole rings is 1. The first kappa shape index (κ1) is 13.1. The fourth-order valence-corrected chi connectivity index (χ4v) is 1.78. The maximum Gasteiger partial charge on any atom is 0.254 e. The van der Waals surface area contributed by atoms with Gasteiger partial charge >= 0.3 is 0 Å². The number of aromatic nitrogens is 1. The molecule has 0 bridgehead atoms. The zero-order valence-electron chi connectivity index (χ0n) is 11.2. The third kappa shape index (κ3) is 2.93. The number of hydrogen-bond donors (Lipinski definition) is 2. The van der Waals surface area contributed by atoms with E-state index in [4.69, 9.17) is 10.2 Å². The standard InChI is InChI=1S/C14H17N3O2/c1-8-4-5-12(15)11(6-8)13(18)17-10(3)14-16-7-9(2)19-14/h4-7,10H,15H2,1-3H3,(H,17,18). The van der Waals surface area contributed by atoms with Gasteiger partial charge in [-0.15, -0.1) is 0 Å². The van der Waals surface area contributed by atoms with Gasteiger partial charge in [-0.05, 0) is 32.9 Å². The lowest BCUT2D eigenvalue weighted by atomic mass is 10.1. The molecule has 0 aliphatic carbocycles. The summed E-state index contributed by atoms with van der Waals surface area (Å²) in [6, 6.07) is 5.05. The SMILES string of the molecule is Cc1ccc(N)c(C(=O)NC(C)c2ncc(C)o2)c1. The van der Waals surface area contributed by atoms with Crippen LogP contribution in [-0.4, -0.2) is 10.9 Å². The van der Waals surface area contributed by atoms with Crippen LogP contribution in [0.25, 0.3) is 0 Å². The molecule has 0 fully saturated rings. The van der Waals surface area contributed by atoms with Gasteiger partial charge in [-0.3, -0.25) is 4.79 Å². The zero-order chi connectivity index (χ0) is 14.0. The van der Waals surface area contributed by atoms with Gasteiger partial charge in [-0.2, -0.15) is 0 Å². The monoisotopic (exact) mass is 259 g/mol. The molecule has 1 atom stereocenters. The summed E-state index contributed by atoms with van der Waals surface area (Å²) in [5.74, 6) is 0.966. The molecular weight excluding hydrogens is 242 g/mol. The number of nitrogens with two attached hydrogens (primary N) is 1. The van der Waals surface area contributed by atoms with E-state index in [1.165, 1.54) is 0 Å². The molecular formula is C14H17N3O2. The molecule has 0 spiro atoms. The first-order valence-corrected chi connectivity index (χ1v) is 6.06. The summed E-state index contributed by atoms with van der Waals surface area (Å²) in [6.07, 6.45) is 1.62. The number of hydrogen-bond acceptors (Lipinski definition) is 4. The summed E-state index contributed by atoms with van der Waals surface area (Å²) >= 11 is 0. The van der Waals surface area contributed by atoms with Gasteiger partial charge in [-0.1, -0.05) is 11.6 Å². The number of carbonyl (C=O) groups excluding carboxylic acids is 1. The Balaban J connectivity index is 2.15. The van der Waals surface area contributed by atoms with Crippen LogP contribution in [0.15, 0.2) is 28.8 Å². The molecule has 1 amide bonds. The van der Waals surface area contributed by atoms with Crippen molar-refractivity contribution in [3.8, 4) is 0 Å². The van der Waals surface area contributed by atoms with Gasteiger partial charge in [0.1, 0.15) is 11.8 Å². The minimum absolute atomic E-state index is 0.232. The Hall–Kier alpha value is -2.30. The number of amides is 1. The third-order valence-electron chi connectivity index (χ3n) is 2.81. The second-order valence-corrected chi connectivity index (χ2v) is 4.60. The van der Waals surface area contributed by atoms with Gasteiger partial charge in [0, 0.05) is 5.69 Å². The molecule has 19 heavy (non-hydrogen) atoms. The van der Waals surface area contributed by atoms with Gasteiger partial charge < -0.3 is 15.5 Å². The van der Waals surface area contributed by atoms with Crippen molar-refractivity contribution in [2.75, 3.05) is 5.73 Å². The number of carbonyl (C=O) groups is 1. The van der Waals surface area contributed by atoms with Crippen molar-refractivity contribution in [2.24, 2.45) is 0 Å². The van der Waals surface area contributed by atoms with Crippen LogP contribution in [-0.2, 0) is 0 Å². The van der Waals surface area contributed by atoms with E-state index in [2.05, 4.69) is 10.3 Å². The Morgan fingerprint density at radius 3 is 2.79 bits per heavy atom. The smallest absolute Gasteiger partial charge is 0.254 e. The molecule has 1 unspecified atom stereocenters. The minimum atomic E-state index is -0.305. The van der Waals surface area contributed by atoms with E-state index >= 15 is 0 Å². The van der Waals surface area contributed by atoms with E-state index in [9.17, 15) is 4.79 Å². The molecule has 0 aliphatic heterocycles. The van der Waals surface area contributed by atoms with E-state index < -0.39 is 0 Å². The molecule has 100 valence electrons. The first-order valence-electron chi connectivity index (χ1n) is 6.06. The highest BCUT2D eigenvalue weighted by molar-refractivity contribution is 5.99. The molecule has 5 nitrogen and oxygen atoms in total. The van der Waals surface area contributed by atoms with Crippen LogP contribution in [0.1, 0.15) is 40.5 Å². The molecule has 0 saturated carbocycles. The van der Waals surface area contributed by atoms with Crippen LogP contribution in [0.4, 0.5) is 5.69 Å². The first-order chi connectivity index (χ1) is 8.97. The summed E-state index contributed by atoms with van der Waals surface area (Å²) in [7, 11) is 0. The van der Waals surface area contributed by atoms with Gasteiger partial charge in [0.05, 0.1) is 11.8 Å². The van der Waals surface area contributed by atoms with Crippen LogP contribution < -0.4 is 11.1 Å². The van der Waals surface area contributed by atoms with Gasteiger partial charge in [0.25, 0.3) is 5.91 Å². The molecule has 1 aromatic heterocycles. The molecule has 0 aliphatic rings. The highest BCUT2D eigenvalue weighted by Crippen LogP contribution is 2.17. The highest BCUT2D eigenvalue weighted by Gasteiger charge is 2.17. The molecule has 1 aromatic carbocycles. The molecule has 2 rings (SSSR count). The van der Waals surface area contributed by atoms with Crippen LogP contribution in [0.2, 0.25) is 0 Å². The van der Waals surface area contributed by atoms with Gasteiger partial charge in [0.15, 0.2) is 0 Å². The maximum atomic E-state index is 12.1. The summed E-state index contributed by atoms with van der Waals surface area (Å²) in [6.45, 7) is 5.54. The lowest BCUT2D eigenvalue weighted by Gasteiger charge is -2.12. The molecule has 5 heteroatoms. The van der Waals surface area contributed by atoms with Crippen molar-refractivity contribution in [3.05, 3.63) is 47.2 Å². The van der Waals surface area contributed by atoms with E-state index in [0.717, 1.165) is 5.56 Å². The van der Waals surface area contributed by atoms with Crippen molar-refractivity contribution >= 4 is 11.6 Å². The molecule has 1 heterocycles. The van der Waals surface area contributed by atoms with Gasteiger partial charge in [0.2, 0.25) is 5.89 Å². The topological polar surface area (TPSA) is 81.2 Å². The number of nitrogen functional groups attached to an aromatic ring is 1.